The van der Waals surface area contributed by atoms with E-state index in [1.165, 1.54) is 38.6 Å². The maximum Gasteiger partial charge on any atom is 0.121 e. The summed E-state index contributed by atoms with van der Waals surface area (Å²) in [6, 6.07) is 71.9. The predicted octanol–water partition coefficient (Wildman–Crippen LogP) is 16.6. The van der Waals surface area contributed by atoms with Gasteiger partial charge in [0.05, 0.1) is 42.1 Å². The third-order valence-electron chi connectivity index (χ3n) is 13.1. The number of para-hydroxylation sites is 2. The smallest absolute Gasteiger partial charge is 0.121 e. The molecule has 8 aromatic carbocycles. The molecule has 3 heterocycles. The SMILES string of the molecule is CC(C)c1cc(-c2ccc(-c3ccccc3)cc2)cc(C(C)C)c1-n1c(-c2[c-]ccc3c2oc2cc(-c4ccc(C#N)cc4)ccc23)nc2ccccc21.C[Si](C)(C)c1ccc(-c2[c-]cccc2)nc1.[Ir]. The van der Waals surface area contributed by atoms with Gasteiger partial charge in [0.15, 0.2) is 0 Å². The third kappa shape index (κ3) is 9.85. The molecule has 1 radical (unpaired) electrons. The van der Waals surface area contributed by atoms with E-state index in [-0.39, 0.29) is 31.9 Å². The zero-order valence-electron chi connectivity index (χ0n) is 41.1. The van der Waals surface area contributed by atoms with Crippen LogP contribution in [0, 0.1) is 23.5 Å². The van der Waals surface area contributed by atoms with Crippen molar-refractivity contribution in [1.82, 2.24) is 14.5 Å². The Kier molecular flexibility index (Phi) is 14.0. The molecule has 0 aliphatic heterocycles. The van der Waals surface area contributed by atoms with Gasteiger partial charge in [0, 0.05) is 37.4 Å². The van der Waals surface area contributed by atoms with Crippen LogP contribution in [-0.4, -0.2) is 22.6 Å². The Balaban J connectivity index is 0.000000313. The van der Waals surface area contributed by atoms with Gasteiger partial charge in [-0.05, 0) is 110 Å². The average molecular weight is 1120 g/mol. The minimum absolute atomic E-state index is 0. The molecular formula is C64H54IrN4OSi-2. The van der Waals surface area contributed by atoms with Crippen molar-refractivity contribution in [3.63, 3.8) is 0 Å². The van der Waals surface area contributed by atoms with E-state index in [2.05, 4.69) is 202 Å². The van der Waals surface area contributed by atoms with Gasteiger partial charge in [0.1, 0.15) is 5.58 Å². The first-order valence-electron chi connectivity index (χ1n) is 24.1. The molecule has 0 amide bonds. The van der Waals surface area contributed by atoms with Crippen molar-refractivity contribution in [2.24, 2.45) is 0 Å². The summed E-state index contributed by atoms with van der Waals surface area (Å²) in [6.45, 7) is 16.1. The van der Waals surface area contributed by atoms with Crippen molar-refractivity contribution in [2.75, 3.05) is 0 Å². The van der Waals surface area contributed by atoms with Crippen molar-refractivity contribution in [1.29, 1.82) is 5.26 Å². The van der Waals surface area contributed by atoms with E-state index in [1.807, 2.05) is 60.8 Å². The summed E-state index contributed by atoms with van der Waals surface area (Å²) >= 11 is 0. The van der Waals surface area contributed by atoms with Gasteiger partial charge in [-0.3, -0.25) is 4.98 Å². The first kappa shape index (κ1) is 48.6. The fourth-order valence-corrected chi connectivity index (χ4v) is 10.3. The number of hydrogen-bond acceptors (Lipinski definition) is 4. The molecule has 11 rings (SSSR count). The van der Waals surface area contributed by atoms with Crippen molar-refractivity contribution < 1.29 is 24.5 Å². The number of pyridine rings is 1. The average Bonchev–Trinajstić information content (AvgIpc) is 3.97. The number of rotatable bonds is 9. The van der Waals surface area contributed by atoms with Gasteiger partial charge in [-0.1, -0.05) is 161 Å². The van der Waals surface area contributed by atoms with Crippen LogP contribution in [0.3, 0.4) is 0 Å². The van der Waals surface area contributed by atoms with Crippen molar-refractivity contribution >= 4 is 46.2 Å². The van der Waals surface area contributed by atoms with Crippen LogP contribution in [0.15, 0.2) is 193 Å². The monoisotopic (exact) mass is 1120 g/mol. The van der Waals surface area contributed by atoms with Gasteiger partial charge in [0.2, 0.25) is 0 Å². The summed E-state index contributed by atoms with van der Waals surface area (Å²) in [5, 5.41) is 12.7. The van der Waals surface area contributed by atoms with E-state index in [1.54, 1.807) is 0 Å². The summed E-state index contributed by atoms with van der Waals surface area (Å²) in [5.41, 5.74) is 17.6. The molecule has 71 heavy (non-hydrogen) atoms. The molecular weight excluding hydrogens is 1060 g/mol. The Labute approximate surface area is 431 Å². The van der Waals surface area contributed by atoms with Gasteiger partial charge in [-0.2, -0.15) is 5.26 Å². The number of benzene rings is 8. The molecule has 0 aliphatic rings. The van der Waals surface area contributed by atoms with Crippen LogP contribution in [0.4, 0.5) is 0 Å². The molecule has 0 bridgehead atoms. The maximum absolute atomic E-state index is 9.29. The first-order chi connectivity index (χ1) is 33.9. The zero-order chi connectivity index (χ0) is 48.5. The molecule has 0 fully saturated rings. The van der Waals surface area contributed by atoms with Gasteiger partial charge in [-0.15, -0.1) is 54.1 Å². The molecule has 0 unspecified atom stereocenters. The molecule has 0 spiro atoms. The van der Waals surface area contributed by atoms with Crippen molar-refractivity contribution in [2.45, 2.75) is 59.2 Å². The summed E-state index contributed by atoms with van der Waals surface area (Å²) in [6.07, 6.45) is 2.02. The van der Waals surface area contributed by atoms with Gasteiger partial charge in [0.25, 0.3) is 0 Å². The van der Waals surface area contributed by atoms with E-state index < -0.39 is 8.07 Å². The Hall–Kier alpha value is -7.46. The third-order valence-corrected chi connectivity index (χ3v) is 15.2. The van der Waals surface area contributed by atoms with Crippen LogP contribution >= 0.6 is 0 Å². The van der Waals surface area contributed by atoms with E-state index >= 15 is 0 Å². The summed E-state index contributed by atoms with van der Waals surface area (Å²) < 4.78 is 9.12. The van der Waals surface area contributed by atoms with Gasteiger partial charge < -0.3 is 14.0 Å². The van der Waals surface area contributed by atoms with Crippen molar-refractivity contribution in [3.05, 3.63) is 217 Å². The van der Waals surface area contributed by atoms with Crippen LogP contribution in [-0.2, 0) is 20.1 Å². The molecule has 0 N–H and O–H groups in total. The van der Waals surface area contributed by atoms with Crippen LogP contribution in [0.5, 0.6) is 0 Å². The van der Waals surface area contributed by atoms with Crippen molar-refractivity contribution in [3.8, 4) is 67.8 Å². The van der Waals surface area contributed by atoms with E-state index in [0.29, 0.717) is 5.56 Å². The molecule has 7 heteroatoms. The second kappa shape index (κ2) is 20.5. The number of aromatic nitrogens is 3. The Morgan fingerprint density at radius 1 is 0.592 bits per heavy atom. The van der Waals surface area contributed by atoms with Crippen LogP contribution in [0.1, 0.15) is 56.2 Å². The normalized spacial score (nSPS) is 11.4. The Morgan fingerprint density at radius 2 is 1.21 bits per heavy atom. The number of furan rings is 1. The van der Waals surface area contributed by atoms with Crippen LogP contribution < -0.4 is 5.19 Å². The first-order valence-corrected chi connectivity index (χ1v) is 27.6. The molecule has 3 aromatic heterocycles. The molecule has 0 saturated carbocycles. The minimum Gasteiger partial charge on any atom is -0.501 e. The number of hydrogen-bond donors (Lipinski definition) is 0. The van der Waals surface area contributed by atoms with Gasteiger partial charge >= 0.3 is 0 Å². The Morgan fingerprint density at radius 3 is 1.85 bits per heavy atom. The molecule has 11 aromatic rings. The van der Waals surface area contributed by atoms with Crippen LogP contribution in [0.25, 0.3) is 94.7 Å². The quantitative estimate of drug-likeness (QED) is 0.107. The van der Waals surface area contributed by atoms with E-state index in [4.69, 9.17) is 9.40 Å². The zero-order valence-corrected chi connectivity index (χ0v) is 44.5. The number of imidazole rings is 1. The second-order valence-corrected chi connectivity index (χ2v) is 24.6. The fraction of sp³-hybridized carbons (Fsp3) is 0.141. The van der Waals surface area contributed by atoms with Crippen LogP contribution in [0.2, 0.25) is 19.6 Å². The Bertz CT molecular complexity index is 3650. The minimum atomic E-state index is -1.23. The van der Waals surface area contributed by atoms with E-state index in [9.17, 15) is 5.26 Å². The number of nitriles is 1. The van der Waals surface area contributed by atoms with Gasteiger partial charge in [-0.25, -0.2) is 0 Å². The number of nitrogens with zero attached hydrogens (tertiary/aromatic N) is 4. The number of fused-ring (bicyclic) bond motifs is 4. The van der Waals surface area contributed by atoms with E-state index in [0.717, 1.165) is 72.4 Å². The summed E-state index contributed by atoms with van der Waals surface area (Å²) in [4.78, 5) is 9.85. The second-order valence-electron chi connectivity index (χ2n) is 19.6. The molecule has 0 aliphatic carbocycles. The molecule has 351 valence electrons. The topological polar surface area (TPSA) is 67.6 Å². The maximum atomic E-state index is 9.29. The standard InChI is InChI=1S/C50H38N3O.C14H16NSi.Ir/c1-31(2)43-27-39(37-23-21-35(22-24-37)34-11-6-5-7-12-34)28-44(32(3)4)48(43)53-46-16-9-8-15-45(46)52-50(53)42-14-10-13-41-40-26-25-38(29-47(40)54-49(41)42)36-19-17-33(30-51)18-20-36;1-16(2,3)13-9-10-14(15-11-13)12-7-5-4-6-8-12;/h5-13,15-29,31-32H,1-4H3;4-7,9-11H,1-3H3;/q2*-1;. The predicted molar refractivity (Wildman–Crippen MR) is 293 cm³/mol. The summed E-state index contributed by atoms with van der Waals surface area (Å²) in [5.74, 6) is 1.28. The molecule has 5 nitrogen and oxygen atoms in total. The largest absolute Gasteiger partial charge is 0.501 e. The molecule has 0 atom stereocenters. The fourth-order valence-electron chi connectivity index (χ4n) is 9.26. The molecule has 0 saturated heterocycles. The summed E-state index contributed by atoms with van der Waals surface area (Å²) in [7, 11) is -1.23.